The molecular weight excluding hydrogens is 296 g/mol. The Bertz CT molecular complexity index is 546. The number of nitrogens with two attached hydrogens (primary N) is 1. The molecule has 0 bridgehead atoms. The molecule has 5 nitrogen and oxygen atoms in total. The summed E-state index contributed by atoms with van der Waals surface area (Å²) in [6.07, 6.45) is 0. The molecule has 0 saturated heterocycles. The predicted molar refractivity (Wildman–Crippen MR) is 74.4 cm³/mol. The molecule has 0 aromatic heterocycles. The zero-order valence-corrected chi connectivity index (χ0v) is 12.0. The minimum Gasteiger partial charge on any atom is -0.389 e. The van der Waals surface area contributed by atoms with Gasteiger partial charge in [-0.05, 0) is 18.2 Å². The van der Waals surface area contributed by atoms with Gasteiger partial charge in [-0.3, -0.25) is 0 Å². The van der Waals surface area contributed by atoms with Crippen molar-refractivity contribution in [2.24, 2.45) is 5.73 Å². The van der Waals surface area contributed by atoms with Gasteiger partial charge in [-0.15, -0.1) is 0 Å². The van der Waals surface area contributed by atoms with Gasteiger partial charge in [0.05, 0.1) is 16.5 Å². The highest BCUT2D eigenvalue weighted by molar-refractivity contribution is 7.89. The smallest absolute Gasteiger partial charge is 0.240 e. The second-order valence-electron chi connectivity index (χ2n) is 3.40. The first-order valence-corrected chi connectivity index (χ1v) is 7.23. The second-order valence-corrected chi connectivity index (χ2v) is 6.01. The first-order valence-electron chi connectivity index (χ1n) is 4.96. The van der Waals surface area contributed by atoms with Crippen molar-refractivity contribution in [1.82, 2.24) is 4.72 Å². The number of benzene rings is 1. The van der Waals surface area contributed by atoms with Crippen LogP contribution in [0, 0.1) is 0 Å². The van der Waals surface area contributed by atoms with Gasteiger partial charge in [0.1, 0.15) is 4.99 Å². The maximum absolute atomic E-state index is 11.9. The van der Waals surface area contributed by atoms with Crippen molar-refractivity contribution in [1.29, 1.82) is 0 Å². The summed E-state index contributed by atoms with van der Waals surface area (Å²) in [5, 5.41) is 0.206. The largest absolute Gasteiger partial charge is 0.389 e. The third-order valence-electron chi connectivity index (χ3n) is 2.11. The first-order chi connectivity index (χ1) is 8.38. The molecule has 0 fully saturated rings. The Labute approximate surface area is 116 Å². The molecule has 0 radical (unpaired) electrons. The van der Waals surface area contributed by atoms with Crippen molar-refractivity contribution in [3.63, 3.8) is 0 Å². The van der Waals surface area contributed by atoms with Gasteiger partial charge >= 0.3 is 0 Å². The van der Waals surface area contributed by atoms with Crippen molar-refractivity contribution in [2.45, 2.75) is 4.90 Å². The molecule has 0 heterocycles. The normalized spacial score (nSPS) is 11.4. The summed E-state index contributed by atoms with van der Waals surface area (Å²) in [5.41, 5.74) is 5.88. The molecule has 1 aromatic carbocycles. The van der Waals surface area contributed by atoms with E-state index < -0.39 is 10.0 Å². The molecular formula is C10H13ClN2O3S2. The number of sulfonamides is 1. The number of rotatable bonds is 6. The van der Waals surface area contributed by atoms with E-state index in [-0.39, 0.29) is 28.1 Å². The van der Waals surface area contributed by atoms with Crippen LogP contribution in [-0.2, 0) is 14.8 Å². The third kappa shape index (κ3) is 3.89. The SMILES string of the molecule is COCCNS(=O)(=O)c1ccc(C(N)=S)c(Cl)c1. The molecule has 0 unspecified atom stereocenters. The maximum Gasteiger partial charge on any atom is 0.240 e. The lowest BCUT2D eigenvalue weighted by Gasteiger charge is -2.08. The summed E-state index contributed by atoms with van der Waals surface area (Å²) >= 11 is 10.7. The van der Waals surface area contributed by atoms with Crippen molar-refractivity contribution >= 4 is 38.8 Å². The Balaban J connectivity index is 2.97. The zero-order valence-electron chi connectivity index (χ0n) is 9.64. The van der Waals surface area contributed by atoms with Crippen molar-refractivity contribution in [2.75, 3.05) is 20.3 Å². The molecule has 1 rings (SSSR count). The summed E-state index contributed by atoms with van der Waals surface area (Å²) in [4.78, 5) is 0.180. The van der Waals surface area contributed by atoms with Crippen LogP contribution in [0.5, 0.6) is 0 Å². The van der Waals surface area contributed by atoms with Crippen LogP contribution in [0.25, 0.3) is 0 Å². The summed E-state index contributed by atoms with van der Waals surface area (Å²) in [6, 6.07) is 4.19. The van der Waals surface area contributed by atoms with Gasteiger partial charge < -0.3 is 10.5 Å². The number of methoxy groups -OCH3 is 1. The van der Waals surface area contributed by atoms with E-state index in [1.807, 2.05) is 0 Å². The van der Waals surface area contributed by atoms with E-state index in [0.29, 0.717) is 5.56 Å². The number of halogens is 1. The second kappa shape index (κ2) is 6.44. The standard InChI is InChI=1S/C10H13ClN2O3S2/c1-16-5-4-13-18(14,15)7-2-3-8(10(12)17)9(11)6-7/h2-3,6,13H,4-5H2,1H3,(H2,12,17). The highest BCUT2D eigenvalue weighted by Crippen LogP contribution is 2.20. The van der Waals surface area contributed by atoms with E-state index >= 15 is 0 Å². The van der Waals surface area contributed by atoms with Crippen LogP contribution in [0.15, 0.2) is 23.1 Å². The van der Waals surface area contributed by atoms with Crippen molar-refractivity contribution in [3.8, 4) is 0 Å². The minimum absolute atomic E-state index is 0.0589. The van der Waals surface area contributed by atoms with Gasteiger partial charge in [-0.25, -0.2) is 13.1 Å². The molecule has 3 N–H and O–H groups in total. The average Bonchev–Trinajstić information content (AvgIpc) is 2.28. The lowest BCUT2D eigenvalue weighted by atomic mass is 10.2. The topological polar surface area (TPSA) is 81.4 Å². The minimum atomic E-state index is -3.60. The van der Waals surface area contributed by atoms with Gasteiger partial charge in [0.25, 0.3) is 0 Å². The molecule has 1 aromatic rings. The van der Waals surface area contributed by atoms with Crippen LogP contribution in [0.4, 0.5) is 0 Å². The average molecular weight is 309 g/mol. The van der Waals surface area contributed by atoms with E-state index in [1.165, 1.54) is 25.3 Å². The number of ether oxygens (including phenoxy) is 1. The summed E-state index contributed by atoms with van der Waals surface area (Å²) < 4.78 is 30.8. The van der Waals surface area contributed by atoms with Gasteiger partial charge in [0, 0.05) is 19.2 Å². The van der Waals surface area contributed by atoms with Crippen LogP contribution < -0.4 is 10.5 Å². The Morgan fingerprint density at radius 1 is 1.56 bits per heavy atom. The van der Waals surface area contributed by atoms with Crippen LogP contribution in [0.2, 0.25) is 5.02 Å². The van der Waals surface area contributed by atoms with E-state index in [9.17, 15) is 8.42 Å². The fourth-order valence-corrected chi connectivity index (χ4v) is 2.84. The van der Waals surface area contributed by atoms with Crippen molar-refractivity contribution in [3.05, 3.63) is 28.8 Å². The Morgan fingerprint density at radius 3 is 2.72 bits per heavy atom. The Hall–Kier alpha value is -0.730. The van der Waals surface area contributed by atoms with E-state index in [2.05, 4.69) is 4.72 Å². The first kappa shape index (κ1) is 15.3. The summed E-state index contributed by atoms with van der Waals surface area (Å²) in [7, 11) is -2.11. The number of hydrogen-bond donors (Lipinski definition) is 2. The maximum atomic E-state index is 11.9. The molecule has 0 amide bonds. The molecule has 8 heteroatoms. The monoisotopic (exact) mass is 308 g/mol. The molecule has 100 valence electrons. The van der Waals surface area contributed by atoms with Gasteiger partial charge in [-0.1, -0.05) is 23.8 Å². The fourth-order valence-electron chi connectivity index (χ4n) is 1.22. The lowest BCUT2D eigenvalue weighted by molar-refractivity contribution is 0.204. The van der Waals surface area contributed by atoms with E-state index in [4.69, 9.17) is 34.3 Å². The predicted octanol–water partition coefficient (Wildman–Crippen LogP) is 0.899. The lowest BCUT2D eigenvalue weighted by Crippen LogP contribution is -2.27. The highest BCUT2D eigenvalue weighted by atomic mass is 35.5. The van der Waals surface area contributed by atoms with Crippen LogP contribution in [0.1, 0.15) is 5.56 Å². The fraction of sp³-hybridized carbons (Fsp3) is 0.300. The molecule has 0 saturated carbocycles. The number of nitrogens with one attached hydrogen (secondary N) is 1. The summed E-state index contributed by atoms with van der Waals surface area (Å²) in [6.45, 7) is 0.478. The van der Waals surface area contributed by atoms with Crippen LogP contribution >= 0.6 is 23.8 Å². The van der Waals surface area contributed by atoms with Gasteiger partial charge in [0.2, 0.25) is 10.0 Å². The Kier molecular flexibility index (Phi) is 5.48. The quantitative estimate of drug-likeness (QED) is 0.603. The highest BCUT2D eigenvalue weighted by Gasteiger charge is 2.15. The Morgan fingerprint density at radius 2 is 2.22 bits per heavy atom. The van der Waals surface area contributed by atoms with E-state index in [0.717, 1.165) is 0 Å². The third-order valence-corrected chi connectivity index (χ3v) is 4.11. The zero-order chi connectivity index (χ0) is 13.8. The number of thiocarbonyl (C=S) groups is 1. The van der Waals surface area contributed by atoms with E-state index in [1.54, 1.807) is 0 Å². The molecule has 0 aliphatic carbocycles. The van der Waals surface area contributed by atoms with Crippen molar-refractivity contribution < 1.29 is 13.2 Å². The molecule has 0 aliphatic rings. The van der Waals surface area contributed by atoms with Gasteiger partial charge in [-0.2, -0.15) is 0 Å². The number of hydrogen-bond acceptors (Lipinski definition) is 4. The molecule has 0 spiro atoms. The van der Waals surface area contributed by atoms with Crippen LogP contribution in [-0.4, -0.2) is 33.7 Å². The van der Waals surface area contributed by atoms with Crippen LogP contribution in [0.3, 0.4) is 0 Å². The summed E-state index contributed by atoms with van der Waals surface area (Å²) in [5.74, 6) is 0. The molecule has 0 aliphatic heterocycles. The van der Waals surface area contributed by atoms with Gasteiger partial charge in [0.15, 0.2) is 0 Å². The molecule has 18 heavy (non-hydrogen) atoms. The molecule has 0 atom stereocenters.